The Morgan fingerprint density at radius 1 is 1.19 bits per heavy atom. The van der Waals surface area contributed by atoms with Crippen LogP contribution in [0.1, 0.15) is 72.0 Å². The predicted molar refractivity (Wildman–Crippen MR) is 136 cm³/mol. The highest BCUT2D eigenvalue weighted by Gasteiger charge is 2.49. The molecule has 2 N–H and O–H groups in total. The van der Waals surface area contributed by atoms with E-state index in [9.17, 15) is 14.7 Å². The molecule has 0 spiro atoms. The van der Waals surface area contributed by atoms with Gasteiger partial charge in [-0.3, -0.25) is 14.6 Å². The van der Waals surface area contributed by atoms with Crippen molar-refractivity contribution >= 4 is 23.1 Å². The van der Waals surface area contributed by atoms with Crippen LogP contribution >= 0.6 is 11.6 Å². The van der Waals surface area contributed by atoms with Gasteiger partial charge < -0.3 is 15.0 Å². The molecule has 3 heterocycles. The van der Waals surface area contributed by atoms with E-state index in [0.717, 1.165) is 42.5 Å². The first kappa shape index (κ1) is 23.1. The highest BCUT2D eigenvalue weighted by Crippen LogP contribution is 2.52. The molecular formula is C28H27ClN4O3. The molecule has 0 bridgehead atoms. The zero-order chi connectivity index (χ0) is 24.9. The van der Waals surface area contributed by atoms with Crippen LogP contribution in [0.2, 0.25) is 5.02 Å². The second kappa shape index (κ2) is 8.98. The van der Waals surface area contributed by atoms with Gasteiger partial charge in [0.25, 0.3) is 11.5 Å². The third-order valence-electron chi connectivity index (χ3n) is 7.68. The highest BCUT2D eigenvalue weighted by molar-refractivity contribution is 6.30. The van der Waals surface area contributed by atoms with Crippen molar-refractivity contribution in [2.45, 2.75) is 56.6 Å². The summed E-state index contributed by atoms with van der Waals surface area (Å²) in [5.74, 6) is 0.235. The molecule has 2 aromatic heterocycles. The fourth-order valence-corrected chi connectivity index (χ4v) is 5.63. The molecule has 36 heavy (non-hydrogen) atoms. The summed E-state index contributed by atoms with van der Waals surface area (Å²) in [6.45, 7) is 0.504. The number of H-pyrrole nitrogens is 1. The molecule has 1 aliphatic heterocycles. The maximum atomic E-state index is 13.2. The SMILES string of the molecule is O=C([C@H](O)c1cccc(Cl)c1)N1CCc2nc(C3(c4cncc(C5=CCCC5)c4)CC3)[nH]c(=O)c2C1. The van der Waals surface area contributed by atoms with Crippen molar-refractivity contribution in [3.05, 3.63) is 98.0 Å². The molecule has 1 aromatic carbocycles. The van der Waals surface area contributed by atoms with Crippen LogP contribution in [0, 0.1) is 0 Å². The van der Waals surface area contributed by atoms with E-state index in [4.69, 9.17) is 16.6 Å². The van der Waals surface area contributed by atoms with Gasteiger partial charge in [-0.1, -0.05) is 29.8 Å². The number of halogens is 1. The smallest absolute Gasteiger partial charge is 0.256 e. The van der Waals surface area contributed by atoms with E-state index in [0.29, 0.717) is 34.9 Å². The van der Waals surface area contributed by atoms with E-state index >= 15 is 0 Å². The molecule has 184 valence electrons. The van der Waals surface area contributed by atoms with Crippen LogP contribution in [0.25, 0.3) is 5.57 Å². The number of allylic oxidation sites excluding steroid dienone is 2. The number of carbonyl (C=O) groups is 1. The average Bonchev–Trinajstić information content (AvgIpc) is 3.53. The lowest BCUT2D eigenvalue weighted by Gasteiger charge is -2.30. The zero-order valence-corrected chi connectivity index (χ0v) is 20.6. The number of aliphatic hydroxyl groups excluding tert-OH is 1. The van der Waals surface area contributed by atoms with Gasteiger partial charge in [0.05, 0.1) is 23.2 Å². The van der Waals surface area contributed by atoms with Crippen molar-refractivity contribution in [3.8, 4) is 0 Å². The number of nitrogens with one attached hydrogen (secondary N) is 1. The monoisotopic (exact) mass is 502 g/mol. The number of fused-ring (bicyclic) bond motifs is 1. The fraction of sp³-hybridized carbons (Fsp3) is 0.357. The predicted octanol–water partition coefficient (Wildman–Crippen LogP) is 4.08. The second-order valence-corrected chi connectivity index (χ2v) is 10.4. The fourth-order valence-electron chi connectivity index (χ4n) is 5.43. The van der Waals surface area contributed by atoms with E-state index in [1.165, 1.54) is 16.9 Å². The largest absolute Gasteiger partial charge is 0.378 e. The van der Waals surface area contributed by atoms with Crippen LogP contribution in [-0.2, 0) is 23.2 Å². The first-order chi connectivity index (χ1) is 17.4. The van der Waals surface area contributed by atoms with Crippen molar-refractivity contribution in [1.29, 1.82) is 0 Å². The number of carbonyl (C=O) groups excluding carboxylic acids is 1. The highest BCUT2D eigenvalue weighted by atomic mass is 35.5. The summed E-state index contributed by atoms with van der Waals surface area (Å²) >= 11 is 6.01. The molecule has 6 rings (SSSR count). The zero-order valence-electron chi connectivity index (χ0n) is 19.8. The summed E-state index contributed by atoms with van der Waals surface area (Å²) in [4.78, 5) is 40.1. The van der Waals surface area contributed by atoms with Gasteiger partial charge in [0.1, 0.15) is 5.82 Å². The van der Waals surface area contributed by atoms with Gasteiger partial charge in [0.15, 0.2) is 6.10 Å². The summed E-state index contributed by atoms with van der Waals surface area (Å²) in [7, 11) is 0. The van der Waals surface area contributed by atoms with Gasteiger partial charge in [0.2, 0.25) is 0 Å². The van der Waals surface area contributed by atoms with Gasteiger partial charge in [-0.15, -0.1) is 0 Å². The van der Waals surface area contributed by atoms with Crippen molar-refractivity contribution < 1.29 is 9.90 Å². The van der Waals surface area contributed by atoms with Crippen LogP contribution in [0.15, 0.2) is 53.6 Å². The molecule has 1 fully saturated rings. The normalized spacial score (nSPS) is 18.9. The van der Waals surface area contributed by atoms with E-state index in [1.807, 2.05) is 12.4 Å². The number of rotatable bonds is 5. The van der Waals surface area contributed by atoms with Crippen molar-refractivity contribution in [2.24, 2.45) is 0 Å². The van der Waals surface area contributed by atoms with E-state index in [-0.39, 0.29) is 17.5 Å². The molecule has 3 aliphatic rings. The lowest BCUT2D eigenvalue weighted by molar-refractivity contribution is -0.141. The van der Waals surface area contributed by atoms with E-state index in [1.54, 1.807) is 24.3 Å². The molecule has 3 aromatic rings. The molecule has 0 unspecified atom stereocenters. The number of benzene rings is 1. The molecule has 1 amide bonds. The van der Waals surface area contributed by atoms with Crippen LogP contribution in [-0.4, -0.2) is 37.4 Å². The number of pyridine rings is 1. The maximum absolute atomic E-state index is 13.2. The van der Waals surface area contributed by atoms with Gasteiger partial charge in [-0.2, -0.15) is 0 Å². The summed E-state index contributed by atoms with van der Waals surface area (Å²) in [6.07, 6.45) is 10.4. The summed E-state index contributed by atoms with van der Waals surface area (Å²) in [6, 6.07) is 8.82. The number of nitrogens with zero attached hydrogens (tertiary/aromatic N) is 3. The number of hydrogen-bond donors (Lipinski definition) is 2. The minimum absolute atomic E-state index is 0.118. The van der Waals surface area contributed by atoms with Gasteiger partial charge in [-0.05, 0) is 72.6 Å². The van der Waals surface area contributed by atoms with Crippen LogP contribution in [0.3, 0.4) is 0 Å². The standard InChI is InChI=1S/C28H27ClN4O3/c29-21-7-3-6-18(13-21)24(34)26(36)33-11-8-23-22(16-33)25(35)32-27(31-23)28(9-10-28)20-12-19(14-30-15-20)17-4-1-2-5-17/h3-4,6-7,12-15,24,34H,1-2,5,8-11,16H2,(H,31,32,35)/t24-/m1/s1. The van der Waals surface area contributed by atoms with Crippen molar-refractivity contribution in [1.82, 2.24) is 19.9 Å². The Kier molecular flexibility index (Phi) is 5.77. The van der Waals surface area contributed by atoms with Crippen LogP contribution in [0.4, 0.5) is 0 Å². The number of hydrogen-bond acceptors (Lipinski definition) is 5. The molecule has 1 saturated carbocycles. The number of aromatic amines is 1. The summed E-state index contributed by atoms with van der Waals surface area (Å²) in [5.41, 5.74) is 4.69. The van der Waals surface area contributed by atoms with Gasteiger partial charge in [0, 0.05) is 30.4 Å². The Bertz CT molecular complexity index is 1440. The number of aliphatic hydroxyl groups is 1. The third kappa shape index (κ3) is 4.06. The molecule has 0 radical (unpaired) electrons. The Morgan fingerprint density at radius 3 is 2.81 bits per heavy atom. The van der Waals surface area contributed by atoms with E-state index in [2.05, 4.69) is 22.1 Å². The lowest BCUT2D eigenvalue weighted by Crippen LogP contribution is -2.42. The topological polar surface area (TPSA) is 99.2 Å². The Hall–Kier alpha value is -3.29. The van der Waals surface area contributed by atoms with Crippen molar-refractivity contribution in [2.75, 3.05) is 6.54 Å². The Balaban J connectivity index is 1.26. The van der Waals surface area contributed by atoms with Crippen LogP contribution < -0.4 is 5.56 Å². The van der Waals surface area contributed by atoms with Gasteiger partial charge in [-0.25, -0.2) is 4.98 Å². The lowest BCUT2D eigenvalue weighted by atomic mass is 9.93. The van der Waals surface area contributed by atoms with Crippen molar-refractivity contribution in [3.63, 3.8) is 0 Å². The average molecular weight is 503 g/mol. The first-order valence-electron chi connectivity index (χ1n) is 12.4. The van der Waals surface area contributed by atoms with Gasteiger partial charge >= 0.3 is 0 Å². The maximum Gasteiger partial charge on any atom is 0.256 e. The van der Waals surface area contributed by atoms with Crippen LogP contribution in [0.5, 0.6) is 0 Å². The quantitative estimate of drug-likeness (QED) is 0.547. The summed E-state index contributed by atoms with van der Waals surface area (Å²) in [5, 5.41) is 11.1. The van der Waals surface area contributed by atoms with E-state index < -0.39 is 12.0 Å². The molecule has 8 heteroatoms. The molecule has 0 saturated heterocycles. The molecule has 7 nitrogen and oxygen atoms in total. The Morgan fingerprint density at radius 2 is 2.06 bits per heavy atom. The first-order valence-corrected chi connectivity index (χ1v) is 12.8. The summed E-state index contributed by atoms with van der Waals surface area (Å²) < 4.78 is 0. The molecule has 1 atom stereocenters. The second-order valence-electron chi connectivity index (χ2n) is 9.97. The number of aromatic nitrogens is 3. The third-order valence-corrected chi connectivity index (χ3v) is 7.92. The Labute approximate surface area is 213 Å². The molecular weight excluding hydrogens is 476 g/mol. The molecule has 2 aliphatic carbocycles. The number of amides is 1. The minimum atomic E-state index is -1.33. The minimum Gasteiger partial charge on any atom is -0.378 e.